The molecule has 3 aromatic rings. The van der Waals surface area contributed by atoms with Crippen LogP contribution in [0.25, 0.3) is 5.65 Å². The number of aryl methyl sites for hydroxylation is 1. The Bertz CT molecular complexity index is 1000. The Kier molecular flexibility index (Phi) is 6.82. The van der Waals surface area contributed by atoms with Crippen LogP contribution in [0.15, 0.2) is 41.4 Å². The van der Waals surface area contributed by atoms with Gasteiger partial charge in [-0.3, -0.25) is 9.59 Å². The van der Waals surface area contributed by atoms with Gasteiger partial charge in [0.25, 0.3) is 5.91 Å². The highest BCUT2D eigenvalue weighted by molar-refractivity contribution is 8.00. The summed E-state index contributed by atoms with van der Waals surface area (Å²) in [5.74, 6) is 0.226. The van der Waals surface area contributed by atoms with Crippen molar-refractivity contribution in [1.29, 1.82) is 0 Å². The van der Waals surface area contributed by atoms with Gasteiger partial charge >= 0.3 is 5.97 Å². The molecule has 1 aromatic carbocycles. The third-order valence-electron chi connectivity index (χ3n) is 4.17. The topological polar surface area (TPSA) is 98.5 Å². The highest BCUT2D eigenvalue weighted by Crippen LogP contribution is 2.22. The molecule has 0 saturated heterocycles. The maximum absolute atomic E-state index is 12.2. The van der Waals surface area contributed by atoms with Crippen LogP contribution >= 0.6 is 11.8 Å². The first-order valence-corrected chi connectivity index (χ1v) is 10.3. The largest absolute Gasteiger partial charge is 0.465 e. The molecule has 0 bridgehead atoms. The molecule has 0 aliphatic heterocycles. The number of rotatable bonds is 8. The fourth-order valence-electron chi connectivity index (χ4n) is 2.62. The number of esters is 1. The lowest BCUT2D eigenvalue weighted by Crippen LogP contribution is -2.26. The van der Waals surface area contributed by atoms with Gasteiger partial charge in [-0.2, -0.15) is 9.61 Å². The lowest BCUT2D eigenvalue weighted by Gasteiger charge is -2.09. The van der Waals surface area contributed by atoms with Crippen LogP contribution in [0.4, 0.5) is 0 Å². The number of fused-ring (bicyclic) bond motifs is 1. The summed E-state index contributed by atoms with van der Waals surface area (Å²) >= 11 is 1.31. The average Bonchev–Trinajstić information content (AvgIpc) is 3.11. The molecule has 9 heteroatoms. The smallest absolute Gasteiger partial charge is 0.319 e. The molecular formula is C20H23N5O3S. The van der Waals surface area contributed by atoms with Crippen molar-refractivity contribution >= 4 is 29.3 Å². The predicted octanol–water partition coefficient (Wildman–Crippen LogP) is 2.45. The Morgan fingerprint density at radius 3 is 2.66 bits per heavy atom. The van der Waals surface area contributed by atoms with Crippen LogP contribution in [0.1, 0.15) is 35.6 Å². The molecule has 1 N–H and O–H groups in total. The normalized spacial score (nSPS) is 12.0. The zero-order valence-electron chi connectivity index (χ0n) is 16.6. The molecule has 2 heterocycles. The Morgan fingerprint density at radius 2 is 1.93 bits per heavy atom. The van der Waals surface area contributed by atoms with Gasteiger partial charge in [-0.15, -0.1) is 10.2 Å². The number of amides is 1. The van der Waals surface area contributed by atoms with Crippen LogP contribution in [-0.2, 0) is 16.0 Å². The summed E-state index contributed by atoms with van der Waals surface area (Å²) in [4.78, 5) is 24.0. The molecular weight excluding hydrogens is 390 g/mol. The van der Waals surface area contributed by atoms with E-state index < -0.39 is 0 Å². The standard InChI is InChI=1S/C20H23N5O3S/c1-4-28-20(27)14(3)29-18-10-9-16-22-23-17(25(16)24-18)11-12-21-19(26)15-7-5-13(2)6-8-15/h5-10,14H,4,11-12H2,1-3H3,(H,21,26)/t14-/m1/s1. The van der Waals surface area contributed by atoms with Crippen molar-refractivity contribution in [2.24, 2.45) is 0 Å². The molecule has 1 amide bonds. The Hall–Kier alpha value is -2.94. The van der Waals surface area contributed by atoms with Gasteiger partial charge in [0, 0.05) is 18.5 Å². The lowest BCUT2D eigenvalue weighted by atomic mass is 10.1. The summed E-state index contributed by atoms with van der Waals surface area (Å²) in [5.41, 5.74) is 2.33. The molecule has 0 unspecified atom stereocenters. The number of carbonyl (C=O) groups excluding carboxylic acids is 2. The van der Waals surface area contributed by atoms with Crippen LogP contribution < -0.4 is 5.32 Å². The molecule has 29 heavy (non-hydrogen) atoms. The molecule has 0 aliphatic carbocycles. The molecule has 8 nitrogen and oxygen atoms in total. The van der Waals surface area contributed by atoms with E-state index in [1.54, 1.807) is 42.6 Å². The van der Waals surface area contributed by atoms with Crippen LogP contribution in [0, 0.1) is 6.92 Å². The van der Waals surface area contributed by atoms with Gasteiger partial charge in [-0.25, -0.2) is 0 Å². The number of hydrogen-bond donors (Lipinski definition) is 1. The highest BCUT2D eigenvalue weighted by atomic mass is 32.2. The van der Waals surface area contributed by atoms with E-state index in [0.29, 0.717) is 41.6 Å². The van der Waals surface area contributed by atoms with Gasteiger partial charge in [0.05, 0.1) is 6.61 Å². The first-order chi connectivity index (χ1) is 14.0. The zero-order chi connectivity index (χ0) is 20.8. The van der Waals surface area contributed by atoms with Crippen molar-refractivity contribution < 1.29 is 14.3 Å². The first kappa shape index (κ1) is 20.8. The van der Waals surface area contributed by atoms with Crippen molar-refractivity contribution in [1.82, 2.24) is 25.1 Å². The van der Waals surface area contributed by atoms with Crippen molar-refractivity contribution in [3.05, 3.63) is 53.3 Å². The number of thioether (sulfide) groups is 1. The molecule has 0 aliphatic rings. The second-order valence-corrected chi connectivity index (χ2v) is 7.80. The van der Waals surface area contributed by atoms with Gasteiger partial charge in [0.1, 0.15) is 10.3 Å². The molecule has 152 valence electrons. The van der Waals surface area contributed by atoms with Crippen molar-refractivity contribution in [3.8, 4) is 0 Å². The molecule has 0 spiro atoms. The van der Waals surface area contributed by atoms with Crippen molar-refractivity contribution in [3.63, 3.8) is 0 Å². The van der Waals surface area contributed by atoms with E-state index in [0.717, 1.165) is 5.56 Å². The van der Waals surface area contributed by atoms with Crippen molar-refractivity contribution in [2.45, 2.75) is 37.5 Å². The summed E-state index contributed by atoms with van der Waals surface area (Å²) in [6.07, 6.45) is 0.479. The minimum atomic E-state index is -0.367. The van der Waals surface area contributed by atoms with E-state index in [2.05, 4.69) is 20.6 Å². The number of carbonyl (C=O) groups is 2. The SMILES string of the molecule is CCOC(=O)[C@@H](C)Sc1ccc2nnc(CCNC(=O)c3ccc(C)cc3)n2n1. The van der Waals surface area contributed by atoms with Crippen LogP contribution in [0.5, 0.6) is 0 Å². The number of nitrogens with zero attached hydrogens (tertiary/aromatic N) is 4. The van der Waals surface area contributed by atoms with E-state index in [1.165, 1.54) is 11.8 Å². The third-order valence-corrected chi connectivity index (χ3v) is 5.17. The van der Waals surface area contributed by atoms with E-state index >= 15 is 0 Å². The van der Waals surface area contributed by atoms with E-state index in [9.17, 15) is 9.59 Å². The fraction of sp³-hybridized carbons (Fsp3) is 0.350. The van der Waals surface area contributed by atoms with Gasteiger partial charge < -0.3 is 10.1 Å². The van der Waals surface area contributed by atoms with Gasteiger partial charge in [-0.1, -0.05) is 29.5 Å². The second kappa shape index (κ2) is 9.51. The number of hydrogen-bond acceptors (Lipinski definition) is 7. The average molecular weight is 414 g/mol. The number of nitrogens with one attached hydrogen (secondary N) is 1. The predicted molar refractivity (Wildman–Crippen MR) is 110 cm³/mol. The lowest BCUT2D eigenvalue weighted by molar-refractivity contribution is -0.142. The second-order valence-electron chi connectivity index (χ2n) is 6.44. The summed E-state index contributed by atoms with van der Waals surface area (Å²) in [6, 6.07) is 11.0. The molecule has 0 fully saturated rings. The monoisotopic (exact) mass is 413 g/mol. The van der Waals surface area contributed by atoms with Gasteiger partial charge in [0.2, 0.25) is 0 Å². The highest BCUT2D eigenvalue weighted by Gasteiger charge is 2.17. The Labute approximate surface area is 173 Å². The quantitative estimate of drug-likeness (QED) is 0.447. The Morgan fingerprint density at radius 1 is 1.17 bits per heavy atom. The van der Waals surface area contributed by atoms with E-state index in [-0.39, 0.29) is 17.1 Å². The first-order valence-electron chi connectivity index (χ1n) is 9.37. The van der Waals surface area contributed by atoms with Crippen LogP contribution in [0.3, 0.4) is 0 Å². The number of benzene rings is 1. The number of ether oxygens (including phenoxy) is 1. The van der Waals surface area contributed by atoms with Gasteiger partial charge in [-0.05, 0) is 45.0 Å². The number of aromatic nitrogens is 4. The van der Waals surface area contributed by atoms with E-state index in [1.807, 2.05) is 19.1 Å². The maximum Gasteiger partial charge on any atom is 0.319 e. The minimum Gasteiger partial charge on any atom is -0.465 e. The van der Waals surface area contributed by atoms with Crippen molar-refractivity contribution in [2.75, 3.05) is 13.2 Å². The minimum absolute atomic E-state index is 0.133. The van der Waals surface area contributed by atoms with Crippen LogP contribution in [0.2, 0.25) is 0 Å². The molecule has 1 atom stereocenters. The molecule has 2 aromatic heterocycles. The Balaban J connectivity index is 1.63. The summed E-state index contributed by atoms with van der Waals surface area (Å²) < 4.78 is 6.67. The molecule has 3 rings (SSSR count). The summed E-state index contributed by atoms with van der Waals surface area (Å²) in [7, 11) is 0. The van der Waals surface area contributed by atoms with Crippen LogP contribution in [-0.4, -0.2) is 50.1 Å². The van der Waals surface area contributed by atoms with E-state index in [4.69, 9.17) is 4.74 Å². The maximum atomic E-state index is 12.2. The van der Waals surface area contributed by atoms with Gasteiger partial charge in [0.15, 0.2) is 11.5 Å². The summed E-state index contributed by atoms with van der Waals surface area (Å²) in [5, 5.41) is 16.0. The fourth-order valence-corrected chi connectivity index (χ4v) is 3.42. The zero-order valence-corrected chi connectivity index (χ0v) is 17.4. The molecule has 0 saturated carbocycles. The third kappa shape index (κ3) is 5.32. The summed E-state index contributed by atoms with van der Waals surface area (Å²) in [6.45, 7) is 6.29. The molecule has 0 radical (unpaired) electrons.